The fraction of sp³-hybridized carbons (Fsp3) is 0.200. The summed E-state index contributed by atoms with van der Waals surface area (Å²) in [5.74, 6) is 0.749. The first-order valence-corrected chi connectivity index (χ1v) is 9.90. The van der Waals surface area contributed by atoms with Crippen molar-refractivity contribution in [2.75, 3.05) is 0 Å². The van der Waals surface area contributed by atoms with Crippen molar-refractivity contribution in [2.45, 2.75) is 19.8 Å². The normalized spacial score (nSPS) is 11.6. The van der Waals surface area contributed by atoms with Gasteiger partial charge in [-0.25, -0.2) is 0 Å². The number of phenols is 2. The number of nitrogens with zero attached hydrogens (tertiary/aromatic N) is 4. The minimum absolute atomic E-state index is 0.0150. The van der Waals surface area contributed by atoms with E-state index in [1.54, 1.807) is 6.07 Å². The van der Waals surface area contributed by atoms with Crippen molar-refractivity contribution in [2.24, 2.45) is 7.05 Å². The van der Waals surface area contributed by atoms with Gasteiger partial charge in [-0.15, -0.1) is 0 Å². The summed E-state index contributed by atoms with van der Waals surface area (Å²) in [6.45, 7) is 4.00. The van der Waals surface area contributed by atoms with Crippen molar-refractivity contribution in [3.63, 3.8) is 0 Å². The minimum atomic E-state index is -0.0150. The quantitative estimate of drug-likeness (QED) is 0.495. The molecule has 0 aliphatic rings. The van der Waals surface area contributed by atoms with Crippen LogP contribution in [-0.4, -0.2) is 46.4 Å². The molecule has 27 heavy (non-hydrogen) atoms. The zero-order valence-electron chi connectivity index (χ0n) is 15.4. The standard InChI is InChI=1S/C20H21AsN4O2/c1-11(2)14-9-15(18(27)10-17(14)26)19-22-23-20(21)25(19)13-4-5-16-12(8-13)6-7-24(16)3/h4-11,26-27H,21H2,1-3H3. The van der Waals surface area contributed by atoms with Gasteiger partial charge in [0.1, 0.15) is 0 Å². The Morgan fingerprint density at radius 2 is 1.78 bits per heavy atom. The van der Waals surface area contributed by atoms with Crippen molar-refractivity contribution in [3.8, 4) is 28.6 Å². The molecule has 0 radical (unpaired) electrons. The van der Waals surface area contributed by atoms with Gasteiger partial charge in [0.15, 0.2) is 0 Å². The molecule has 2 aromatic carbocycles. The molecule has 2 heterocycles. The van der Waals surface area contributed by atoms with E-state index in [0.29, 0.717) is 11.4 Å². The summed E-state index contributed by atoms with van der Waals surface area (Å²) in [6, 6.07) is 11.4. The van der Waals surface area contributed by atoms with Crippen molar-refractivity contribution in [1.82, 2.24) is 19.3 Å². The molecule has 0 fully saturated rings. The maximum absolute atomic E-state index is 10.5. The van der Waals surface area contributed by atoms with E-state index in [-0.39, 0.29) is 17.4 Å². The number of aromatic nitrogens is 4. The Morgan fingerprint density at radius 1 is 1.00 bits per heavy atom. The van der Waals surface area contributed by atoms with Crippen LogP contribution in [0.25, 0.3) is 28.0 Å². The van der Waals surface area contributed by atoms with Gasteiger partial charge in [-0.05, 0) is 0 Å². The van der Waals surface area contributed by atoms with Gasteiger partial charge in [-0.3, -0.25) is 0 Å². The zero-order chi connectivity index (χ0) is 19.3. The van der Waals surface area contributed by atoms with Gasteiger partial charge in [0.2, 0.25) is 0 Å². The number of rotatable bonds is 3. The monoisotopic (exact) mass is 424 g/mol. The van der Waals surface area contributed by atoms with E-state index in [1.165, 1.54) is 22.9 Å². The first-order chi connectivity index (χ1) is 12.9. The predicted molar refractivity (Wildman–Crippen MR) is 109 cm³/mol. The third-order valence-corrected chi connectivity index (χ3v) is 5.61. The second-order valence-electron chi connectivity index (χ2n) is 6.97. The summed E-state index contributed by atoms with van der Waals surface area (Å²) in [4.78, 5) is 0. The van der Waals surface area contributed by atoms with Gasteiger partial charge >= 0.3 is 165 Å². The fourth-order valence-electron chi connectivity index (χ4n) is 3.37. The van der Waals surface area contributed by atoms with Crippen molar-refractivity contribution >= 4 is 32.4 Å². The van der Waals surface area contributed by atoms with Crippen LogP contribution in [0.2, 0.25) is 0 Å². The van der Waals surface area contributed by atoms with Crippen LogP contribution in [-0.2, 0) is 7.05 Å². The average Bonchev–Trinajstić information content (AvgIpc) is 3.17. The molecule has 138 valence electrons. The zero-order valence-corrected chi connectivity index (χ0v) is 17.8. The van der Waals surface area contributed by atoms with E-state index in [2.05, 4.69) is 33.0 Å². The van der Waals surface area contributed by atoms with Crippen LogP contribution in [0.15, 0.2) is 42.6 Å². The van der Waals surface area contributed by atoms with E-state index in [0.717, 1.165) is 26.8 Å². The molecule has 0 saturated carbocycles. The van der Waals surface area contributed by atoms with E-state index in [9.17, 15) is 10.2 Å². The van der Waals surface area contributed by atoms with Crippen molar-refractivity contribution in [1.29, 1.82) is 0 Å². The average molecular weight is 424 g/mol. The fourth-order valence-corrected chi connectivity index (χ4v) is 4.06. The molecule has 7 heteroatoms. The summed E-state index contributed by atoms with van der Waals surface area (Å²) in [6.07, 6.45) is 2.03. The van der Waals surface area contributed by atoms with Crippen molar-refractivity contribution in [3.05, 3.63) is 48.2 Å². The van der Waals surface area contributed by atoms with Crippen LogP contribution in [0, 0.1) is 0 Å². The predicted octanol–water partition coefficient (Wildman–Crippen LogP) is 2.22. The summed E-state index contributed by atoms with van der Waals surface area (Å²) >= 11 is 1.36. The molecule has 4 aromatic rings. The Hall–Kier alpha value is -2.72. The number of hydrogen-bond donors (Lipinski definition) is 2. The molecular formula is C20H21AsN4O2. The molecular weight excluding hydrogens is 403 g/mol. The van der Waals surface area contributed by atoms with Gasteiger partial charge in [0.25, 0.3) is 0 Å². The van der Waals surface area contributed by atoms with Crippen LogP contribution in [0.4, 0.5) is 0 Å². The number of aryl methyl sites for hydroxylation is 1. The molecule has 0 bridgehead atoms. The molecule has 0 saturated heterocycles. The van der Waals surface area contributed by atoms with E-state index in [4.69, 9.17) is 0 Å². The Balaban J connectivity index is 1.93. The molecule has 1 unspecified atom stereocenters. The third kappa shape index (κ3) is 2.90. The van der Waals surface area contributed by atoms with Gasteiger partial charge in [-0.2, -0.15) is 0 Å². The number of fused-ring (bicyclic) bond motifs is 1. The first-order valence-electron chi connectivity index (χ1n) is 8.69. The summed E-state index contributed by atoms with van der Waals surface area (Å²) in [5, 5.41) is 30.3. The molecule has 1 atom stereocenters. The van der Waals surface area contributed by atoms with E-state index >= 15 is 0 Å². The summed E-state index contributed by atoms with van der Waals surface area (Å²) in [5.41, 5.74) is 3.40. The molecule has 0 aliphatic carbocycles. The second-order valence-corrected chi connectivity index (χ2v) is 8.05. The Bertz CT molecular complexity index is 1160. The van der Waals surface area contributed by atoms with Crippen LogP contribution in [0.1, 0.15) is 25.3 Å². The Kier molecular flexibility index (Phi) is 4.23. The number of aromatic hydroxyl groups is 2. The number of benzene rings is 2. The number of phenolic OH excluding ortho intramolecular Hbond substituents is 2. The molecule has 0 spiro atoms. The van der Waals surface area contributed by atoms with Crippen LogP contribution >= 0.6 is 0 Å². The molecule has 0 aliphatic heterocycles. The van der Waals surface area contributed by atoms with E-state index < -0.39 is 0 Å². The summed E-state index contributed by atoms with van der Waals surface area (Å²) < 4.78 is 4.80. The van der Waals surface area contributed by atoms with Gasteiger partial charge < -0.3 is 0 Å². The van der Waals surface area contributed by atoms with Gasteiger partial charge in [-0.1, -0.05) is 0 Å². The topological polar surface area (TPSA) is 76.1 Å². The van der Waals surface area contributed by atoms with Crippen LogP contribution < -0.4 is 4.61 Å². The van der Waals surface area contributed by atoms with Crippen LogP contribution in [0.3, 0.4) is 0 Å². The molecule has 2 aromatic heterocycles. The molecule has 6 nitrogen and oxygen atoms in total. The summed E-state index contributed by atoms with van der Waals surface area (Å²) in [7, 11) is 2.02. The van der Waals surface area contributed by atoms with Gasteiger partial charge in [0.05, 0.1) is 0 Å². The first kappa shape index (κ1) is 17.7. The van der Waals surface area contributed by atoms with Gasteiger partial charge in [0, 0.05) is 0 Å². The second kappa shape index (κ2) is 6.46. The SMILES string of the molecule is CC(C)c1cc(-c2nnc([AsH2])n2-c2ccc3c(ccn3C)c2)c(O)cc1O. The Morgan fingerprint density at radius 3 is 2.52 bits per heavy atom. The molecule has 4 rings (SSSR count). The molecule has 0 amide bonds. The third-order valence-electron chi connectivity index (χ3n) is 4.82. The van der Waals surface area contributed by atoms with Crippen LogP contribution in [0.5, 0.6) is 11.5 Å². The van der Waals surface area contributed by atoms with E-state index in [1.807, 2.05) is 37.7 Å². The van der Waals surface area contributed by atoms with Crippen molar-refractivity contribution < 1.29 is 10.2 Å². The maximum atomic E-state index is 10.5. The molecule has 2 N–H and O–H groups in total. The Labute approximate surface area is 165 Å². The number of hydrogen-bond acceptors (Lipinski definition) is 4.